The SMILES string of the molecule is CCCCNC(=O)c1ccccc1NC(=O)CN(c1ccc(F)cc1F)S(C)(=O)=O. The van der Waals surface area contributed by atoms with Gasteiger partial charge in [0, 0.05) is 12.6 Å². The molecule has 2 rings (SSSR count). The first kappa shape index (κ1) is 23.3. The molecule has 2 aromatic carbocycles. The molecule has 7 nitrogen and oxygen atoms in total. The van der Waals surface area contributed by atoms with E-state index in [4.69, 9.17) is 0 Å². The van der Waals surface area contributed by atoms with E-state index in [2.05, 4.69) is 10.6 Å². The van der Waals surface area contributed by atoms with Crippen LogP contribution in [0.2, 0.25) is 0 Å². The van der Waals surface area contributed by atoms with Crippen LogP contribution in [-0.2, 0) is 14.8 Å². The normalized spacial score (nSPS) is 11.1. The molecule has 0 fully saturated rings. The van der Waals surface area contributed by atoms with Gasteiger partial charge in [-0.25, -0.2) is 17.2 Å². The Morgan fingerprint density at radius 1 is 1.10 bits per heavy atom. The lowest BCUT2D eigenvalue weighted by molar-refractivity contribution is -0.114. The number of carbonyl (C=O) groups is 2. The Labute approximate surface area is 174 Å². The third-order valence-corrected chi connectivity index (χ3v) is 5.25. The van der Waals surface area contributed by atoms with E-state index >= 15 is 0 Å². The van der Waals surface area contributed by atoms with E-state index < -0.39 is 39.8 Å². The summed E-state index contributed by atoms with van der Waals surface area (Å²) in [7, 11) is -4.05. The van der Waals surface area contributed by atoms with Crippen molar-refractivity contribution >= 4 is 33.2 Å². The fourth-order valence-electron chi connectivity index (χ4n) is 2.65. The number of amides is 2. The van der Waals surface area contributed by atoms with E-state index in [0.717, 1.165) is 31.2 Å². The van der Waals surface area contributed by atoms with Crippen molar-refractivity contribution in [2.45, 2.75) is 19.8 Å². The number of carbonyl (C=O) groups excluding carboxylic acids is 2. The lowest BCUT2D eigenvalue weighted by atomic mass is 10.1. The van der Waals surface area contributed by atoms with Crippen molar-refractivity contribution in [1.82, 2.24) is 5.32 Å². The number of benzene rings is 2. The minimum Gasteiger partial charge on any atom is -0.352 e. The molecule has 2 amide bonds. The van der Waals surface area contributed by atoms with Crippen molar-refractivity contribution in [3.63, 3.8) is 0 Å². The van der Waals surface area contributed by atoms with E-state index in [1.165, 1.54) is 12.1 Å². The first-order valence-electron chi connectivity index (χ1n) is 9.23. The molecule has 0 bridgehead atoms. The predicted molar refractivity (Wildman–Crippen MR) is 111 cm³/mol. The third kappa shape index (κ3) is 6.24. The molecular formula is C20H23F2N3O4S. The first-order chi connectivity index (χ1) is 14.1. The molecule has 0 spiro atoms. The molecule has 0 radical (unpaired) electrons. The van der Waals surface area contributed by atoms with Crippen LogP contribution in [0.15, 0.2) is 42.5 Å². The number of hydrogen-bond donors (Lipinski definition) is 2. The van der Waals surface area contributed by atoms with Crippen LogP contribution in [0.1, 0.15) is 30.1 Å². The molecule has 10 heteroatoms. The smallest absolute Gasteiger partial charge is 0.253 e. The maximum atomic E-state index is 14.1. The highest BCUT2D eigenvalue weighted by molar-refractivity contribution is 7.92. The van der Waals surface area contributed by atoms with Gasteiger partial charge in [0.2, 0.25) is 15.9 Å². The molecule has 0 aliphatic carbocycles. The quantitative estimate of drug-likeness (QED) is 0.588. The van der Waals surface area contributed by atoms with Gasteiger partial charge in [-0.05, 0) is 30.7 Å². The Balaban J connectivity index is 2.22. The van der Waals surface area contributed by atoms with Crippen LogP contribution in [0.5, 0.6) is 0 Å². The highest BCUT2D eigenvalue weighted by Gasteiger charge is 2.24. The van der Waals surface area contributed by atoms with Gasteiger partial charge in [-0.1, -0.05) is 25.5 Å². The predicted octanol–water partition coefficient (Wildman–Crippen LogP) is 2.90. The zero-order valence-electron chi connectivity index (χ0n) is 16.6. The van der Waals surface area contributed by atoms with E-state index in [0.29, 0.717) is 16.9 Å². The third-order valence-electron chi connectivity index (χ3n) is 4.13. The average molecular weight is 439 g/mol. The summed E-state index contributed by atoms with van der Waals surface area (Å²) in [6, 6.07) is 8.61. The molecule has 0 unspecified atom stereocenters. The van der Waals surface area contributed by atoms with E-state index in [1.54, 1.807) is 12.1 Å². The molecule has 0 saturated carbocycles. The maximum Gasteiger partial charge on any atom is 0.253 e. The van der Waals surface area contributed by atoms with Crippen LogP contribution in [0, 0.1) is 11.6 Å². The molecule has 0 saturated heterocycles. The van der Waals surface area contributed by atoms with Crippen molar-refractivity contribution in [2.24, 2.45) is 0 Å². The van der Waals surface area contributed by atoms with Crippen molar-refractivity contribution in [3.05, 3.63) is 59.7 Å². The fourth-order valence-corrected chi connectivity index (χ4v) is 3.51. The molecule has 0 heterocycles. The fraction of sp³-hybridized carbons (Fsp3) is 0.300. The Hall–Kier alpha value is -3.01. The van der Waals surface area contributed by atoms with Crippen LogP contribution in [0.4, 0.5) is 20.2 Å². The largest absolute Gasteiger partial charge is 0.352 e. The van der Waals surface area contributed by atoms with E-state index in [1.807, 2.05) is 6.92 Å². The Morgan fingerprint density at radius 3 is 2.43 bits per heavy atom. The summed E-state index contributed by atoms with van der Waals surface area (Å²) in [5.41, 5.74) is -0.0648. The van der Waals surface area contributed by atoms with Gasteiger partial charge in [0.05, 0.1) is 23.2 Å². The van der Waals surface area contributed by atoms with Crippen molar-refractivity contribution in [2.75, 3.05) is 29.0 Å². The molecular weight excluding hydrogens is 416 g/mol. The number of rotatable bonds is 9. The zero-order chi connectivity index (χ0) is 22.3. The first-order valence-corrected chi connectivity index (χ1v) is 11.1. The Morgan fingerprint density at radius 2 is 1.80 bits per heavy atom. The van der Waals surface area contributed by atoms with Gasteiger partial charge in [0.25, 0.3) is 5.91 Å². The number of anilines is 2. The Bertz CT molecular complexity index is 1030. The van der Waals surface area contributed by atoms with E-state index in [9.17, 15) is 26.8 Å². The van der Waals surface area contributed by atoms with Crippen molar-refractivity contribution in [3.8, 4) is 0 Å². The molecule has 162 valence electrons. The average Bonchev–Trinajstić information content (AvgIpc) is 2.66. The lowest BCUT2D eigenvalue weighted by Gasteiger charge is -2.22. The van der Waals surface area contributed by atoms with Gasteiger partial charge in [-0.2, -0.15) is 0 Å². The minimum absolute atomic E-state index is 0.185. The lowest BCUT2D eigenvalue weighted by Crippen LogP contribution is -2.38. The van der Waals surface area contributed by atoms with Gasteiger partial charge >= 0.3 is 0 Å². The monoisotopic (exact) mass is 439 g/mol. The van der Waals surface area contributed by atoms with Crippen LogP contribution < -0.4 is 14.9 Å². The summed E-state index contributed by atoms with van der Waals surface area (Å²) in [6.45, 7) is 1.70. The Kier molecular flexibility index (Phi) is 7.87. The molecule has 2 aromatic rings. The molecule has 0 atom stereocenters. The summed E-state index contributed by atoms with van der Waals surface area (Å²) >= 11 is 0. The summed E-state index contributed by atoms with van der Waals surface area (Å²) in [4.78, 5) is 24.9. The number of unbranched alkanes of at least 4 members (excludes halogenated alkanes) is 1. The highest BCUT2D eigenvalue weighted by Crippen LogP contribution is 2.23. The summed E-state index contributed by atoms with van der Waals surface area (Å²) < 4.78 is 52.0. The van der Waals surface area contributed by atoms with Crippen LogP contribution in [0.3, 0.4) is 0 Å². The van der Waals surface area contributed by atoms with E-state index in [-0.39, 0.29) is 17.2 Å². The van der Waals surface area contributed by atoms with Gasteiger partial charge in [-0.3, -0.25) is 13.9 Å². The second-order valence-electron chi connectivity index (χ2n) is 6.57. The second kappa shape index (κ2) is 10.1. The van der Waals surface area contributed by atoms with Gasteiger partial charge in [0.15, 0.2) is 0 Å². The zero-order valence-corrected chi connectivity index (χ0v) is 17.4. The van der Waals surface area contributed by atoms with Gasteiger partial charge in [0.1, 0.15) is 18.2 Å². The molecule has 0 aliphatic rings. The standard InChI is InChI=1S/C20H23F2N3O4S/c1-3-4-11-23-20(27)15-7-5-6-8-17(15)24-19(26)13-25(30(2,28)29)18-10-9-14(21)12-16(18)22/h5-10,12H,3-4,11,13H2,1-2H3,(H,23,27)(H,24,26). The van der Waals surface area contributed by atoms with Gasteiger partial charge < -0.3 is 10.6 Å². The summed E-state index contributed by atoms with van der Waals surface area (Å²) in [6.07, 6.45) is 2.50. The molecule has 2 N–H and O–H groups in total. The molecule has 0 aliphatic heterocycles. The molecule has 0 aromatic heterocycles. The summed E-state index contributed by atoms with van der Waals surface area (Å²) in [5, 5.41) is 5.22. The topological polar surface area (TPSA) is 95.6 Å². The number of nitrogens with one attached hydrogen (secondary N) is 2. The number of nitrogens with zero attached hydrogens (tertiary/aromatic N) is 1. The molecule has 30 heavy (non-hydrogen) atoms. The number of halogens is 2. The van der Waals surface area contributed by atoms with Crippen molar-refractivity contribution < 1.29 is 26.8 Å². The summed E-state index contributed by atoms with van der Waals surface area (Å²) in [5.74, 6) is -3.18. The van der Waals surface area contributed by atoms with Crippen molar-refractivity contribution in [1.29, 1.82) is 0 Å². The van der Waals surface area contributed by atoms with Crippen LogP contribution >= 0.6 is 0 Å². The second-order valence-corrected chi connectivity index (χ2v) is 8.48. The van der Waals surface area contributed by atoms with Crippen LogP contribution in [0.25, 0.3) is 0 Å². The maximum absolute atomic E-state index is 14.1. The number of hydrogen-bond acceptors (Lipinski definition) is 4. The minimum atomic E-state index is -4.05. The van der Waals surface area contributed by atoms with Gasteiger partial charge in [-0.15, -0.1) is 0 Å². The number of sulfonamides is 1. The number of para-hydroxylation sites is 1. The van der Waals surface area contributed by atoms with Crippen LogP contribution in [-0.4, -0.2) is 39.6 Å². The highest BCUT2D eigenvalue weighted by atomic mass is 32.2.